The van der Waals surface area contributed by atoms with Crippen molar-refractivity contribution in [2.24, 2.45) is 5.73 Å². The molecule has 0 amide bonds. The molecular weight excluding hydrogens is 314 g/mol. The van der Waals surface area contributed by atoms with E-state index in [1.807, 2.05) is 6.08 Å². The largest absolute Gasteiger partial charge is 0.328 e. The van der Waals surface area contributed by atoms with Gasteiger partial charge in [-0.25, -0.2) is 0 Å². The quantitative estimate of drug-likeness (QED) is 0.361. The lowest BCUT2D eigenvalue weighted by Crippen LogP contribution is -2.20. The molecule has 1 unspecified atom stereocenters. The molecular formula is C22H38ClN. The Hall–Kier alpha value is -0.790. The third kappa shape index (κ3) is 11.7. The lowest BCUT2D eigenvalue weighted by Gasteiger charge is -2.11. The van der Waals surface area contributed by atoms with E-state index in [0.29, 0.717) is 6.04 Å². The first-order valence-corrected chi connectivity index (χ1v) is 9.73. The minimum Gasteiger partial charge on any atom is -0.328 e. The van der Waals surface area contributed by atoms with Gasteiger partial charge in [-0.05, 0) is 30.4 Å². The monoisotopic (exact) mass is 351 g/mol. The molecule has 0 spiro atoms. The van der Waals surface area contributed by atoms with Crippen molar-refractivity contribution in [3.8, 4) is 0 Å². The Morgan fingerprint density at radius 1 is 0.875 bits per heavy atom. The van der Waals surface area contributed by atoms with E-state index in [4.69, 9.17) is 5.73 Å². The van der Waals surface area contributed by atoms with Gasteiger partial charge in [0.25, 0.3) is 0 Å². The molecule has 0 radical (unpaired) electrons. The van der Waals surface area contributed by atoms with E-state index in [0.717, 1.165) is 12.8 Å². The number of nitrogens with two attached hydrogens (primary N) is 1. The first-order chi connectivity index (χ1) is 11.3. The van der Waals surface area contributed by atoms with E-state index >= 15 is 0 Å². The van der Waals surface area contributed by atoms with Gasteiger partial charge in [0.05, 0.1) is 0 Å². The molecule has 1 atom stereocenters. The molecule has 2 heteroatoms. The van der Waals surface area contributed by atoms with Crippen LogP contribution < -0.4 is 5.73 Å². The molecule has 138 valence electrons. The minimum atomic E-state index is 0. The van der Waals surface area contributed by atoms with E-state index in [9.17, 15) is 0 Å². The molecule has 2 N–H and O–H groups in total. The number of rotatable bonds is 14. The number of hydrogen-bond acceptors (Lipinski definition) is 1. The van der Waals surface area contributed by atoms with Gasteiger partial charge < -0.3 is 5.73 Å². The third-order valence-corrected chi connectivity index (χ3v) is 4.70. The van der Waals surface area contributed by atoms with Crippen molar-refractivity contribution in [1.29, 1.82) is 0 Å². The topological polar surface area (TPSA) is 26.0 Å². The maximum Gasteiger partial charge on any atom is 0.00419 e. The van der Waals surface area contributed by atoms with Crippen LogP contribution in [0, 0.1) is 0 Å². The Balaban J connectivity index is 0.00000529. The molecule has 0 fully saturated rings. The molecule has 0 saturated carbocycles. The van der Waals surface area contributed by atoms with Crippen LogP contribution in [0.3, 0.4) is 0 Å². The molecule has 1 rings (SSSR count). The van der Waals surface area contributed by atoms with Gasteiger partial charge in [0, 0.05) is 6.04 Å². The zero-order valence-corrected chi connectivity index (χ0v) is 16.5. The summed E-state index contributed by atoms with van der Waals surface area (Å²) < 4.78 is 0. The Kier molecular flexibility index (Phi) is 15.2. The summed E-state index contributed by atoms with van der Waals surface area (Å²) in [6.45, 7) is 6.07. The maximum atomic E-state index is 6.26. The van der Waals surface area contributed by atoms with Crippen molar-refractivity contribution in [1.82, 2.24) is 0 Å². The smallest absolute Gasteiger partial charge is 0.00419 e. The first-order valence-electron chi connectivity index (χ1n) is 9.73. The fraction of sp³-hybridized carbons (Fsp3) is 0.636. The zero-order chi connectivity index (χ0) is 16.8. The Bertz CT molecular complexity index is 399. The molecule has 1 aromatic rings. The summed E-state index contributed by atoms with van der Waals surface area (Å²) in [5.41, 5.74) is 8.83. The van der Waals surface area contributed by atoms with Crippen LogP contribution >= 0.6 is 12.4 Å². The average Bonchev–Trinajstić information content (AvgIpc) is 2.59. The second-order valence-electron chi connectivity index (χ2n) is 6.86. The van der Waals surface area contributed by atoms with Crippen LogP contribution in [0.1, 0.15) is 88.7 Å². The highest BCUT2D eigenvalue weighted by atomic mass is 35.5. The van der Waals surface area contributed by atoms with Crippen molar-refractivity contribution >= 4 is 18.5 Å². The molecule has 24 heavy (non-hydrogen) atoms. The Morgan fingerprint density at radius 2 is 1.42 bits per heavy atom. The number of aryl methyl sites for hydroxylation is 1. The van der Waals surface area contributed by atoms with Gasteiger partial charge in [-0.3, -0.25) is 0 Å². The number of halogens is 1. The Morgan fingerprint density at radius 3 is 1.96 bits per heavy atom. The van der Waals surface area contributed by atoms with Gasteiger partial charge in [-0.1, -0.05) is 102 Å². The standard InChI is InChI=1S/C22H37N.ClH/c1-3-5-6-7-8-9-10-11-12-13-22(23)19-18-21-16-14-20(4-2)15-17-21;/h4,14-17,22H,2-3,5-13,18-19,23H2,1H3;1H. The number of benzene rings is 1. The van der Waals surface area contributed by atoms with Gasteiger partial charge in [-0.15, -0.1) is 12.4 Å². The highest BCUT2D eigenvalue weighted by Gasteiger charge is 2.03. The van der Waals surface area contributed by atoms with E-state index in [1.54, 1.807) is 0 Å². The summed E-state index contributed by atoms with van der Waals surface area (Å²) in [5, 5.41) is 0. The Labute approximate surface area is 156 Å². The highest BCUT2D eigenvalue weighted by molar-refractivity contribution is 5.85. The second kappa shape index (κ2) is 15.7. The molecule has 0 saturated heterocycles. The molecule has 0 aliphatic carbocycles. The van der Waals surface area contributed by atoms with Crippen LogP contribution in [-0.2, 0) is 6.42 Å². The lowest BCUT2D eigenvalue weighted by molar-refractivity contribution is 0.506. The van der Waals surface area contributed by atoms with Crippen molar-refractivity contribution < 1.29 is 0 Å². The molecule has 0 aliphatic heterocycles. The van der Waals surface area contributed by atoms with Gasteiger partial charge in [-0.2, -0.15) is 0 Å². The van der Waals surface area contributed by atoms with Crippen LogP contribution in [0.15, 0.2) is 30.8 Å². The van der Waals surface area contributed by atoms with Crippen molar-refractivity contribution in [2.45, 2.75) is 90.0 Å². The van der Waals surface area contributed by atoms with E-state index < -0.39 is 0 Å². The fourth-order valence-electron chi connectivity index (χ4n) is 3.03. The first kappa shape index (κ1) is 23.2. The van der Waals surface area contributed by atoms with Crippen molar-refractivity contribution in [2.75, 3.05) is 0 Å². The van der Waals surface area contributed by atoms with Crippen LogP contribution in [0.25, 0.3) is 6.08 Å². The fourth-order valence-corrected chi connectivity index (χ4v) is 3.03. The van der Waals surface area contributed by atoms with E-state index in [1.165, 1.54) is 75.3 Å². The molecule has 0 aromatic heterocycles. The highest BCUT2D eigenvalue weighted by Crippen LogP contribution is 2.13. The molecule has 0 aliphatic rings. The van der Waals surface area contributed by atoms with Crippen LogP contribution in [0.5, 0.6) is 0 Å². The third-order valence-electron chi connectivity index (χ3n) is 4.70. The summed E-state index contributed by atoms with van der Waals surface area (Å²) in [7, 11) is 0. The number of unbranched alkanes of at least 4 members (excludes halogenated alkanes) is 8. The summed E-state index contributed by atoms with van der Waals surface area (Å²) >= 11 is 0. The van der Waals surface area contributed by atoms with E-state index in [-0.39, 0.29) is 12.4 Å². The number of hydrogen-bond donors (Lipinski definition) is 1. The summed E-state index contributed by atoms with van der Waals surface area (Å²) in [6.07, 6.45) is 17.7. The van der Waals surface area contributed by atoms with Crippen molar-refractivity contribution in [3.63, 3.8) is 0 Å². The zero-order valence-electron chi connectivity index (χ0n) is 15.6. The predicted octanol–water partition coefficient (Wildman–Crippen LogP) is 6.93. The normalized spacial score (nSPS) is 11.8. The average molecular weight is 352 g/mol. The molecule has 1 nitrogen and oxygen atoms in total. The van der Waals surface area contributed by atoms with Crippen molar-refractivity contribution in [3.05, 3.63) is 42.0 Å². The van der Waals surface area contributed by atoms with Gasteiger partial charge >= 0.3 is 0 Å². The van der Waals surface area contributed by atoms with Crippen LogP contribution in [0.4, 0.5) is 0 Å². The molecule has 1 aromatic carbocycles. The predicted molar refractivity (Wildman–Crippen MR) is 112 cm³/mol. The molecule has 0 heterocycles. The SMILES string of the molecule is C=Cc1ccc(CCC(N)CCCCCCCCCCC)cc1.Cl. The maximum absolute atomic E-state index is 6.26. The second-order valence-corrected chi connectivity index (χ2v) is 6.86. The van der Waals surface area contributed by atoms with Gasteiger partial charge in [0.15, 0.2) is 0 Å². The minimum absolute atomic E-state index is 0. The van der Waals surface area contributed by atoms with Crippen LogP contribution in [-0.4, -0.2) is 6.04 Å². The lowest BCUT2D eigenvalue weighted by atomic mass is 9.99. The van der Waals surface area contributed by atoms with Gasteiger partial charge in [0.2, 0.25) is 0 Å². The van der Waals surface area contributed by atoms with E-state index in [2.05, 4.69) is 37.8 Å². The summed E-state index contributed by atoms with van der Waals surface area (Å²) in [5.74, 6) is 0. The van der Waals surface area contributed by atoms with Gasteiger partial charge in [0.1, 0.15) is 0 Å². The summed E-state index contributed by atoms with van der Waals surface area (Å²) in [4.78, 5) is 0. The summed E-state index contributed by atoms with van der Waals surface area (Å²) in [6, 6.07) is 9.02. The molecule has 0 bridgehead atoms. The van der Waals surface area contributed by atoms with Crippen LogP contribution in [0.2, 0.25) is 0 Å².